The van der Waals surface area contributed by atoms with Crippen LogP contribution in [0.1, 0.15) is 0 Å². The summed E-state index contributed by atoms with van der Waals surface area (Å²) < 4.78 is 0. The zero-order chi connectivity index (χ0) is 13.7. The van der Waals surface area contributed by atoms with E-state index in [1.54, 1.807) is 0 Å². The monoisotopic (exact) mass is 264 g/mol. The number of nitrogens with zero attached hydrogens (tertiary/aromatic N) is 2. The van der Waals surface area contributed by atoms with Crippen LogP contribution in [-0.4, -0.2) is 106 Å². The molecule has 0 spiro atoms. The van der Waals surface area contributed by atoms with Crippen LogP contribution in [0.2, 0.25) is 0 Å². The van der Waals surface area contributed by atoms with E-state index in [0.717, 1.165) is 26.2 Å². The number of likely N-dealkylation sites (N-methyl/N-ethyl adjacent to an activating group) is 1. The molecule has 1 saturated heterocycles. The number of aliphatic hydroxyl groups is 5. The molecule has 0 aliphatic carbocycles. The van der Waals surface area contributed by atoms with Crippen LogP contribution in [0.4, 0.5) is 0 Å². The third-order valence-electron chi connectivity index (χ3n) is 3.37. The molecule has 4 atom stereocenters. The van der Waals surface area contributed by atoms with E-state index in [-0.39, 0.29) is 6.54 Å². The zero-order valence-electron chi connectivity index (χ0n) is 10.7. The number of aliphatic hydroxyl groups excluding tert-OH is 5. The second kappa shape index (κ2) is 7.34. The molecule has 0 aromatic rings. The minimum absolute atomic E-state index is 0.240. The molecule has 0 saturated carbocycles. The maximum atomic E-state index is 9.79. The van der Waals surface area contributed by atoms with Crippen molar-refractivity contribution in [3.8, 4) is 0 Å². The van der Waals surface area contributed by atoms with Crippen molar-refractivity contribution in [2.45, 2.75) is 24.4 Å². The predicted molar refractivity (Wildman–Crippen MR) is 65.1 cm³/mol. The molecule has 1 aliphatic rings. The molecule has 1 heterocycles. The number of rotatable bonds is 6. The molecule has 1 rings (SSSR count). The first-order valence-electron chi connectivity index (χ1n) is 6.19. The van der Waals surface area contributed by atoms with Crippen molar-refractivity contribution in [1.82, 2.24) is 9.80 Å². The molecule has 1 fully saturated rings. The molecule has 0 bridgehead atoms. The second-order valence-corrected chi connectivity index (χ2v) is 4.90. The molecule has 18 heavy (non-hydrogen) atoms. The Bertz CT molecular complexity index is 235. The van der Waals surface area contributed by atoms with Crippen LogP contribution in [0.3, 0.4) is 0 Å². The lowest BCUT2D eigenvalue weighted by atomic mass is 10.0. The normalized spacial score (nSPS) is 25.7. The van der Waals surface area contributed by atoms with Crippen molar-refractivity contribution >= 4 is 0 Å². The lowest BCUT2D eigenvalue weighted by molar-refractivity contribution is -0.120. The van der Waals surface area contributed by atoms with Crippen LogP contribution >= 0.6 is 0 Å². The molecule has 1 aliphatic heterocycles. The Labute approximate surface area is 107 Å². The molecule has 0 aromatic carbocycles. The van der Waals surface area contributed by atoms with Crippen molar-refractivity contribution < 1.29 is 25.5 Å². The smallest absolute Gasteiger partial charge is 0.111 e. The summed E-state index contributed by atoms with van der Waals surface area (Å²) in [4.78, 5) is 4.16. The van der Waals surface area contributed by atoms with Gasteiger partial charge in [0.05, 0.1) is 12.7 Å². The highest BCUT2D eigenvalue weighted by Gasteiger charge is 2.31. The Kier molecular flexibility index (Phi) is 6.44. The van der Waals surface area contributed by atoms with Gasteiger partial charge in [0, 0.05) is 32.7 Å². The van der Waals surface area contributed by atoms with Crippen LogP contribution in [-0.2, 0) is 0 Å². The molecule has 0 radical (unpaired) electrons. The number of hydrogen-bond donors (Lipinski definition) is 5. The van der Waals surface area contributed by atoms with Gasteiger partial charge in [0.25, 0.3) is 0 Å². The van der Waals surface area contributed by atoms with Crippen molar-refractivity contribution in [2.24, 2.45) is 0 Å². The van der Waals surface area contributed by atoms with Gasteiger partial charge in [0.15, 0.2) is 0 Å². The van der Waals surface area contributed by atoms with Gasteiger partial charge in [-0.2, -0.15) is 0 Å². The van der Waals surface area contributed by atoms with Crippen LogP contribution in [0, 0.1) is 0 Å². The first-order valence-corrected chi connectivity index (χ1v) is 6.19. The molecule has 5 N–H and O–H groups in total. The second-order valence-electron chi connectivity index (χ2n) is 4.90. The summed E-state index contributed by atoms with van der Waals surface area (Å²) in [5, 5.41) is 46.8. The summed E-state index contributed by atoms with van der Waals surface area (Å²) in [7, 11) is 2.02. The Hall–Kier alpha value is -0.280. The van der Waals surface area contributed by atoms with Crippen LogP contribution in [0.15, 0.2) is 0 Å². The zero-order valence-corrected chi connectivity index (χ0v) is 10.7. The summed E-state index contributed by atoms with van der Waals surface area (Å²) in [5.74, 6) is 0. The van der Waals surface area contributed by atoms with E-state index in [0.29, 0.717) is 0 Å². The summed E-state index contributed by atoms with van der Waals surface area (Å²) >= 11 is 0. The van der Waals surface area contributed by atoms with Crippen molar-refractivity contribution in [1.29, 1.82) is 0 Å². The van der Waals surface area contributed by atoms with Crippen molar-refractivity contribution in [3.05, 3.63) is 0 Å². The van der Waals surface area contributed by atoms with Gasteiger partial charge >= 0.3 is 0 Å². The lowest BCUT2D eigenvalue weighted by Gasteiger charge is -2.35. The molecule has 7 nitrogen and oxygen atoms in total. The molecular formula is C11H24N2O5. The summed E-state index contributed by atoms with van der Waals surface area (Å²) in [6, 6.07) is 0. The molecule has 0 amide bonds. The maximum Gasteiger partial charge on any atom is 0.111 e. The topological polar surface area (TPSA) is 108 Å². The molecule has 4 unspecified atom stereocenters. The van der Waals surface area contributed by atoms with Gasteiger partial charge in [-0.1, -0.05) is 0 Å². The lowest BCUT2D eigenvalue weighted by Crippen LogP contribution is -2.52. The van der Waals surface area contributed by atoms with Gasteiger partial charge in [-0.25, -0.2) is 0 Å². The maximum absolute atomic E-state index is 9.79. The standard InChI is InChI=1S/C11H24N2O5/c1-12-2-4-13(5-3-12)6-8(15)10(17)11(18)9(16)7-14/h8-11,14-18H,2-7H2,1H3. The number of hydrogen-bond acceptors (Lipinski definition) is 7. The van der Waals surface area contributed by atoms with E-state index in [4.69, 9.17) is 5.11 Å². The van der Waals surface area contributed by atoms with E-state index in [1.807, 2.05) is 11.9 Å². The molecule has 7 heteroatoms. The summed E-state index contributed by atoms with van der Waals surface area (Å²) in [5.41, 5.74) is 0. The highest BCUT2D eigenvalue weighted by molar-refractivity contribution is 4.83. The average molecular weight is 264 g/mol. The fourth-order valence-corrected chi connectivity index (χ4v) is 1.97. The SMILES string of the molecule is CN1CCN(CC(O)C(O)C(O)C(O)CO)CC1. The Balaban J connectivity index is 2.37. The minimum Gasteiger partial charge on any atom is -0.394 e. The Morgan fingerprint density at radius 2 is 1.39 bits per heavy atom. The average Bonchev–Trinajstić information content (AvgIpc) is 2.38. The van der Waals surface area contributed by atoms with Crippen LogP contribution in [0.25, 0.3) is 0 Å². The minimum atomic E-state index is -1.54. The van der Waals surface area contributed by atoms with Gasteiger partial charge in [-0.15, -0.1) is 0 Å². The van der Waals surface area contributed by atoms with Gasteiger partial charge in [-0.05, 0) is 7.05 Å². The highest BCUT2D eigenvalue weighted by Crippen LogP contribution is 2.08. The quantitative estimate of drug-likeness (QED) is 0.341. The number of β-amino-alcohol motifs (C(OH)–C–C–N with tert-alkyl or cyclic N) is 1. The Morgan fingerprint density at radius 3 is 1.89 bits per heavy atom. The summed E-state index contributed by atoms with van der Waals surface area (Å²) in [6.45, 7) is 2.96. The molecule has 0 aromatic heterocycles. The van der Waals surface area contributed by atoms with E-state index in [2.05, 4.69) is 4.90 Å². The van der Waals surface area contributed by atoms with Crippen molar-refractivity contribution in [3.63, 3.8) is 0 Å². The third kappa shape index (κ3) is 4.43. The third-order valence-corrected chi connectivity index (χ3v) is 3.37. The highest BCUT2D eigenvalue weighted by atomic mass is 16.4. The van der Waals surface area contributed by atoms with Gasteiger partial charge in [0.1, 0.15) is 18.3 Å². The van der Waals surface area contributed by atoms with Gasteiger partial charge in [-0.3, -0.25) is 4.90 Å². The fraction of sp³-hybridized carbons (Fsp3) is 1.00. The largest absolute Gasteiger partial charge is 0.394 e. The predicted octanol–water partition coefficient (Wildman–Crippen LogP) is -3.33. The van der Waals surface area contributed by atoms with Gasteiger partial charge < -0.3 is 30.4 Å². The van der Waals surface area contributed by atoms with Crippen molar-refractivity contribution in [2.75, 3.05) is 46.4 Å². The summed E-state index contributed by atoms with van der Waals surface area (Å²) in [6.07, 6.45) is -5.60. The van der Waals surface area contributed by atoms with E-state index >= 15 is 0 Å². The first kappa shape index (κ1) is 15.8. The first-order chi connectivity index (χ1) is 8.45. The fourth-order valence-electron chi connectivity index (χ4n) is 1.97. The van der Waals surface area contributed by atoms with Crippen LogP contribution < -0.4 is 0 Å². The Morgan fingerprint density at radius 1 is 0.889 bits per heavy atom. The van der Waals surface area contributed by atoms with Gasteiger partial charge in [0.2, 0.25) is 0 Å². The molecule has 108 valence electrons. The molecular weight excluding hydrogens is 240 g/mol. The van der Waals surface area contributed by atoms with E-state index in [1.165, 1.54) is 0 Å². The number of piperazine rings is 1. The van der Waals surface area contributed by atoms with E-state index in [9.17, 15) is 20.4 Å². The van der Waals surface area contributed by atoms with E-state index < -0.39 is 31.0 Å². The van der Waals surface area contributed by atoms with Crippen LogP contribution in [0.5, 0.6) is 0 Å².